The van der Waals surface area contributed by atoms with Gasteiger partial charge < -0.3 is 9.72 Å². The Morgan fingerprint density at radius 3 is 2.40 bits per heavy atom. The van der Waals surface area contributed by atoms with Crippen molar-refractivity contribution in [1.29, 1.82) is 0 Å². The third-order valence-corrected chi connectivity index (χ3v) is 4.14. The smallest absolute Gasteiger partial charge is 0.248 e. The zero-order valence-electron chi connectivity index (χ0n) is 13.6. The van der Waals surface area contributed by atoms with Gasteiger partial charge in [0.2, 0.25) is 5.56 Å². The lowest BCUT2D eigenvalue weighted by molar-refractivity contribution is 0.306. The molecule has 0 aliphatic rings. The van der Waals surface area contributed by atoms with Crippen molar-refractivity contribution in [2.75, 3.05) is 0 Å². The summed E-state index contributed by atoms with van der Waals surface area (Å²) in [6.07, 6.45) is 0. The number of aromatic amines is 1. The van der Waals surface area contributed by atoms with Crippen molar-refractivity contribution in [3.05, 3.63) is 101 Å². The summed E-state index contributed by atoms with van der Waals surface area (Å²) in [5, 5.41) is 2.21. The standard InChI is InChI=1S/C22H17NO2/c24-22-8-4-7-21(23-22)19-10-9-18-14-20(12-11-17(18)13-19)25-15-16-5-2-1-3-6-16/h1-14H,15H2,(H,23,24). The number of aromatic nitrogens is 1. The SMILES string of the molecule is O=c1cccc(-c2ccc3cc(OCc4ccccc4)ccc3c2)[nH]1. The van der Waals surface area contributed by atoms with Gasteiger partial charge in [-0.1, -0.05) is 54.6 Å². The van der Waals surface area contributed by atoms with Crippen LogP contribution in [0.5, 0.6) is 5.75 Å². The fourth-order valence-electron chi connectivity index (χ4n) is 2.84. The highest BCUT2D eigenvalue weighted by Gasteiger charge is 2.03. The Kier molecular flexibility index (Phi) is 4.05. The lowest BCUT2D eigenvalue weighted by Crippen LogP contribution is -2.03. The maximum absolute atomic E-state index is 11.5. The largest absolute Gasteiger partial charge is 0.489 e. The van der Waals surface area contributed by atoms with E-state index in [4.69, 9.17) is 4.74 Å². The zero-order chi connectivity index (χ0) is 17.1. The average Bonchev–Trinajstić information content (AvgIpc) is 2.66. The second-order valence-electron chi connectivity index (χ2n) is 5.93. The Hall–Kier alpha value is -3.33. The molecule has 0 amide bonds. The minimum Gasteiger partial charge on any atom is -0.489 e. The summed E-state index contributed by atoms with van der Waals surface area (Å²) in [5.74, 6) is 0.845. The molecule has 0 fully saturated rings. The lowest BCUT2D eigenvalue weighted by atomic mass is 10.0. The molecule has 25 heavy (non-hydrogen) atoms. The first-order valence-corrected chi connectivity index (χ1v) is 8.18. The number of nitrogens with one attached hydrogen (secondary N) is 1. The van der Waals surface area contributed by atoms with Crippen LogP contribution in [0.3, 0.4) is 0 Å². The molecule has 0 spiro atoms. The molecule has 0 atom stereocenters. The van der Waals surface area contributed by atoms with E-state index in [1.807, 2.05) is 66.7 Å². The van der Waals surface area contributed by atoms with Gasteiger partial charge in [-0.25, -0.2) is 0 Å². The van der Waals surface area contributed by atoms with E-state index in [2.05, 4.69) is 11.1 Å². The third-order valence-electron chi connectivity index (χ3n) is 4.14. The van der Waals surface area contributed by atoms with Gasteiger partial charge >= 0.3 is 0 Å². The van der Waals surface area contributed by atoms with Crippen LogP contribution in [-0.4, -0.2) is 4.98 Å². The van der Waals surface area contributed by atoms with Crippen LogP contribution in [0.1, 0.15) is 5.56 Å². The number of hydrogen-bond donors (Lipinski definition) is 1. The number of pyridine rings is 1. The van der Waals surface area contributed by atoms with E-state index >= 15 is 0 Å². The van der Waals surface area contributed by atoms with E-state index in [0.717, 1.165) is 33.3 Å². The van der Waals surface area contributed by atoms with Crippen molar-refractivity contribution in [3.8, 4) is 17.0 Å². The molecule has 0 saturated heterocycles. The minimum atomic E-state index is -0.0951. The predicted molar refractivity (Wildman–Crippen MR) is 101 cm³/mol. The summed E-state index contributed by atoms with van der Waals surface area (Å²) in [7, 11) is 0. The first-order valence-electron chi connectivity index (χ1n) is 8.18. The van der Waals surface area contributed by atoms with Crippen LogP contribution in [0.15, 0.2) is 89.7 Å². The van der Waals surface area contributed by atoms with E-state index in [-0.39, 0.29) is 5.56 Å². The van der Waals surface area contributed by atoms with E-state index in [1.165, 1.54) is 6.07 Å². The summed E-state index contributed by atoms with van der Waals surface area (Å²) in [6.45, 7) is 0.551. The number of hydrogen-bond acceptors (Lipinski definition) is 2. The lowest BCUT2D eigenvalue weighted by Gasteiger charge is -2.09. The highest BCUT2D eigenvalue weighted by atomic mass is 16.5. The average molecular weight is 327 g/mol. The molecular weight excluding hydrogens is 310 g/mol. The highest BCUT2D eigenvalue weighted by molar-refractivity contribution is 5.87. The molecule has 1 heterocycles. The number of rotatable bonds is 4. The van der Waals surface area contributed by atoms with Crippen molar-refractivity contribution in [2.45, 2.75) is 6.61 Å². The van der Waals surface area contributed by atoms with Gasteiger partial charge in [-0.2, -0.15) is 0 Å². The molecule has 3 aromatic carbocycles. The number of H-pyrrole nitrogens is 1. The van der Waals surface area contributed by atoms with Gasteiger partial charge in [0, 0.05) is 11.8 Å². The van der Waals surface area contributed by atoms with Crippen LogP contribution in [-0.2, 0) is 6.61 Å². The van der Waals surface area contributed by atoms with Gasteiger partial charge in [-0.3, -0.25) is 4.79 Å². The van der Waals surface area contributed by atoms with Crippen molar-refractivity contribution in [1.82, 2.24) is 4.98 Å². The van der Waals surface area contributed by atoms with Crippen molar-refractivity contribution >= 4 is 10.8 Å². The first kappa shape index (κ1) is 15.2. The van der Waals surface area contributed by atoms with E-state index < -0.39 is 0 Å². The molecule has 3 heteroatoms. The molecule has 0 aliphatic heterocycles. The second kappa shape index (κ2) is 6.65. The molecule has 3 nitrogen and oxygen atoms in total. The van der Waals surface area contributed by atoms with Gasteiger partial charge in [0.1, 0.15) is 12.4 Å². The first-order chi connectivity index (χ1) is 12.3. The van der Waals surface area contributed by atoms with E-state index in [0.29, 0.717) is 6.61 Å². The summed E-state index contributed by atoms with van der Waals surface area (Å²) in [6, 6.07) is 27.5. The summed E-state index contributed by atoms with van der Waals surface area (Å²) in [5.41, 5.74) is 2.86. The quantitative estimate of drug-likeness (QED) is 0.586. The normalized spacial score (nSPS) is 10.7. The Morgan fingerprint density at radius 2 is 1.56 bits per heavy atom. The Balaban J connectivity index is 1.59. The summed E-state index contributed by atoms with van der Waals surface area (Å²) >= 11 is 0. The molecule has 4 rings (SSSR count). The zero-order valence-corrected chi connectivity index (χ0v) is 13.6. The van der Waals surface area contributed by atoms with Gasteiger partial charge in [-0.15, -0.1) is 0 Å². The van der Waals surface area contributed by atoms with Crippen molar-refractivity contribution in [3.63, 3.8) is 0 Å². The van der Waals surface area contributed by atoms with Crippen LogP contribution in [0.2, 0.25) is 0 Å². The van der Waals surface area contributed by atoms with Gasteiger partial charge in [0.15, 0.2) is 0 Å². The molecule has 0 saturated carbocycles. The molecule has 0 unspecified atom stereocenters. The van der Waals surface area contributed by atoms with E-state index in [9.17, 15) is 4.79 Å². The number of benzene rings is 3. The Bertz CT molecular complexity index is 1070. The van der Waals surface area contributed by atoms with Crippen LogP contribution < -0.4 is 10.3 Å². The highest BCUT2D eigenvalue weighted by Crippen LogP contribution is 2.26. The fraction of sp³-hybridized carbons (Fsp3) is 0.0455. The topological polar surface area (TPSA) is 42.1 Å². The molecule has 4 aromatic rings. The van der Waals surface area contributed by atoms with Crippen LogP contribution in [0.25, 0.3) is 22.0 Å². The molecular formula is C22H17NO2. The van der Waals surface area contributed by atoms with Crippen molar-refractivity contribution < 1.29 is 4.74 Å². The Morgan fingerprint density at radius 1 is 0.760 bits per heavy atom. The second-order valence-corrected chi connectivity index (χ2v) is 5.93. The number of ether oxygens (including phenoxy) is 1. The molecule has 0 radical (unpaired) electrons. The maximum atomic E-state index is 11.5. The summed E-state index contributed by atoms with van der Waals surface area (Å²) in [4.78, 5) is 14.3. The Labute approximate surface area is 145 Å². The molecule has 0 bridgehead atoms. The predicted octanol–water partition coefficient (Wildman–Crippen LogP) is 4.77. The van der Waals surface area contributed by atoms with Crippen LogP contribution in [0, 0.1) is 0 Å². The van der Waals surface area contributed by atoms with Gasteiger partial charge in [-0.05, 0) is 46.2 Å². The number of fused-ring (bicyclic) bond motifs is 1. The van der Waals surface area contributed by atoms with Crippen LogP contribution >= 0.6 is 0 Å². The van der Waals surface area contributed by atoms with Gasteiger partial charge in [0.05, 0.1) is 0 Å². The van der Waals surface area contributed by atoms with Crippen molar-refractivity contribution in [2.24, 2.45) is 0 Å². The summed E-state index contributed by atoms with van der Waals surface area (Å²) < 4.78 is 5.88. The molecule has 1 N–H and O–H groups in total. The minimum absolute atomic E-state index is 0.0951. The molecule has 122 valence electrons. The monoisotopic (exact) mass is 327 g/mol. The molecule has 0 aliphatic carbocycles. The van der Waals surface area contributed by atoms with Gasteiger partial charge in [0.25, 0.3) is 0 Å². The molecule has 1 aromatic heterocycles. The third kappa shape index (κ3) is 3.45. The fourth-order valence-corrected chi connectivity index (χ4v) is 2.84. The van der Waals surface area contributed by atoms with E-state index in [1.54, 1.807) is 6.07 Å². The van der Waals surface area contributed by atoms with Crippen LogP contribution in [0.4, 0.5) is 0 Å². The maximum Gasteiger partial charge on any atom is 0.248 e.